The number of likely N-dealkylation sites (tertiary alicyclic amines) is 1. The Morgan fingerprint density at radius 2 is 2.00 bits per heavy atom. The Hall–Kier alpha value is -1.27. The predicted molar refractivity (Wildman–Crippen MR) is 90.6 cm³/mol. The molecule has 1 saturated heterocycles. The van der Waals surface area contributed by atoms with Crippen LogP contribution in [0.25, 0.3) is 0 Å². The zero-order chi connectivity index (χ0) is 16.9. The number of carbonyl (C=O) groups is 2. The zero-order valence-electron chi connectivity index (χ0n) is 13.2. The molecule has 0 saturated carbocycles. The van der Waals surface area contributed by atoms with Crippen LogP contribution in [-0.2, 0) is 11.3 Å². The van der Waals surface area contributed by atoms with E-state index in [4.69, 9.17) is 16.3 Å². The number of hydrogen-bond acceptors (Lipinski definition) is 3. The fourth-order valence-electron chi connectivity index (χ4n) is 2.75. The fraction of sp³-hybridized carbons (Fsp3) is 0.500. The molecule has 7 heteroatoms. The van der Waals surface area contributed by atoms with Gasteiger partial charge in [-0.3, -0.25) is 4.79 Å². The first-order valence-corrected chi connectivity index (χ1v) is 8.59. The molecule has 0 unspecified atom stereocenters. The van der Waals surface area contributed by atoms with E-state index in [1.54, 1.807) is 15.9 Å². The minimum absolute atomic E-state index is 0.00814. The van der Waals surface area contributed by atoms with Gasteiger partial charge in [0.25, 0.3) is 5.91 Å². The van der Waals surface area contributed by atoms with Crippen LogP contribution in [0.4, 0.5) is 4.79 Å². The number of amides is 2. The molecule has 0 aliphatic carbocycles. The second-order valence-electron chi connectivity index (χ2n) is 6.90. The van der Waals surface area contributed by atoms with E-state index in [9.17, 15) is 9.59 Å². The summed E-state index contributed by atoms with van der Waals surface area (Å²) in [4.78, 5) is 27.9. The summed E-state index contributed by atoms with van der Waals surface area (Å²) in [6, 6.07) is 3.62. The quantitative estimate of drug-likeness (QED) is 0.721. The van der Waals surface area contributed by atoms with Crippen molar-refractivity contribution in [2.75, 3.05) is 13.1 Å². The Labute approximate surface area is 148 Å². The number of halogens is 2. The maximum absolute atomic E-state index is 12.5. The lowest BCUT2D eigenvalue weighted by Crippen LogP contribution is -2.61. The lowest BCUT2D eigenvalue weighted by atomic mass is 10.1. The molecule has 2 aliphatic heterocycles. The van der Waals surface area contributed by atoms with Crippen molar-refractivity contribution < 1.29 is 14.3 Å². The molecule has 1 aromatic carbocycles. The van der Waals surface area contributed by atoms with Crippen LogP contribution in [0.5, 0.6) is 0 Å². The molecule has 2 amide bonds. The minimum atomic E-state index is -0.509. The molecular formula is C16H18BrClN2O3. The van der Waals surface area contributed by atoms with E-state index >= 15 is 0 Å². The van der Waals surface area contributed by atoms with Gasteiger partial charge in [-0.15, -0.1) is 0 Å². The summed E-state index contributed by atoms with van der Waals surface area (Å²) in [6.07, 6.45) is -0.330. The predicted octanol–water partition coefficient (Wildman–Crippen LogP) is 3.68. The van der Waals surface area contributed by atoms with E-state index in [0.717, 1.165) is 10.0 Å². The minimum Gasteiger partial charge on any atom is -0.444 e. The van der Waals surface area contributed by atoms with E-state index in [1.807, 2.05) is 26.8 Å². The van der Waals surface area contributed by atoms with Crippen LogP contribution in [0.3, 0.4) is 0 Å². The molecule has 23 heavy (non-hydrogen) atoms. The van der Waals surface area contributed by atoms with Crippen LogP contribution in [0.2, 0.25) is 5.02 Å². The smallest absolute Gasteiger partial charge is 0.410 e. The maximum Gasteiger partial charge on any atom is 0.410 e. The Morgan fingerprint density at radius 3 is 2.61 bits per heavy atom. The van der Waals surface area contributed by atoms with E-state index < -0.39 is 5.60 Å². The summed E-state index contributed by atoms with van der Waals surface area (Å²) in [7, 11) is 0. The molecule has 0 radical (unpaired) electrons. The third-order valence-electron chi connectivity index (χ3n) is 3.93. The van der Waals surface area contributed by atoms with E-state index in [1.165, 1.54) is 0 Å². The first kappa shape index (κ1) is 16.6. The molecule has 2 aliphatic rings. The van der Waals surface area contributed by atoms with Crippen LogP contribution in [0.15, 0.2) is 16.6 Å². The van der Waals surface area contributed by atoms with Crippen molar-refractivity contribution >= 4 is 39.5 Å². The average Bonchev–Trinajstić information content (AvgIpc) is 2.64. The molecule has 0 spiro atoms. The Balaban J connectivity index is 1.64. The molecule has 1 fully saturated rings. The number of carbonyl (C=O) groups excluding carboxylic acids is 2. The molecular weight excluding hydrogens is 384 g/mol. The van der Waals surface area contributed by atoms with Gasteiger partial charge in [-0.1, -0.05) is 11.6 Å². The molecule has 0 N–H and O–H groups in total. The van der Waals surface area contributed by atoms with Crippen LogP contribution < -0.4 is 0 Å². The van der Waals surface area contributed by atoms with Crippen LogP contribution in [0.1, 0.15) is 36.7 Å². The summed E-state index contributed by atoms with van der Waals surface area (Å²) in [6.45, 7) is 7.06. The number of hydrogen-bond donors (Lipinski definition) is 0. The van der Waals surface area contributed by atoms with Crippen molar-refractivity contribution in [2.24, 2.45) is 0 Å². The van der Waals surface area contributed by atoms with Gasteiger partial charge in [0.1, 0.15) is 5.60 Å². The van der Waals surface area contributed by atoms with Gasteiger partial charge in [-0.2, -0.15) is 0 Å². The van der Waals surface area contributed by atoms with Gasteiger partial charge in [0.05, 0.1) is 11.1 Å². The molecule has 5 nitrogen and oxygen atoms in total. The first-order chi connectivity index (χ1) is 10.7. The van der Waals surface area contributed by atoms with E-state index in [2.05, 4.69) is 15.9 Å². The highest BCUT2D eigenvalue weighted by molar-refractivity contribution is 9.10. The molecule has 0 atom stereocenters. The monoisotopic (exact) mass is 400 g/mol. The highest BCUT2D eigenvalue weighted by Crippen LogP contribution is 2.34. The van der Waals surface area contributed by atoms with E-state index in [0.29, 0.717) is 30.2 Å². The lowest BCUT2D eigenvalue weighted by molar-refractivity contribution is -0.0125. The topological polar surface area (TPSA) is 49.9 Å². The number of nitrogens with zero attached hydrogens (tertiary/aromatic N) is 2. The molecule has 1 aromatic rings. The van der Waals surface area contributed by atoms with Crippen molar-refractivity contribution in [3.8, 4) is 0 Å². The van der Waals surface area contributed by atoms with Crippen molar-refractivity contribution in [3.05, 3.63) is 32.8 Å². The summed E-state index contributed by atoms with van der Waals surface area (Å²) < 4.78 is 6.05. The van der Waals surface area contributed by atoms with Crippen LogP contribution >= 0.6 is 27.5 Å². The van der Waals surface area contributed by atoms with Gasteiger partial charge in [-0.05, 0) is 54.4 Å². The average molecular weight is 402 g/mol. The highest BCUT2D eigenvalue weighted by atomic mass is 79.9. The fourth-order valence-corrected chi connectivity index (χ4v) is 3.28. The third-order valence-corrected chi connectivity index (χ3v) is 5.13. The number of ether oxygens (including phenoxy) is 1. The largest absolute Gasteiger partial charge is 0.444 e. The number of fused-ring (bicyclic) bond motifs is 1. The van der Waals surface area contributed by atoms with Gasteiger partial charge in [0.15, 0.2) is 0 Å². The van der Waals surface area contributed by atoms with Gasteiger partial charge in [-0.25, -0.2) is 4.79 Å². The summed E-state index contributed by atoms with van der Waals surface area (Å²) >= 11 is 9.44. The molecule has 2 heterocycles. The van der Waals surface area contributed by atoms with Crippen LogP contribution in [-0.4, -0.2) is 46.5 Å². The molecule has 0 aromatic heterocycles. The van der Waals surface area contributed by atoms with Crippen LogP contribution in [0, 0.1) is 0 Å². The van der Waals surface area contributed by atoms with Gasteiger partial charge in [0.2, 0.25) is 0 Å². The number of rotatable bonds is 1. The Morgan fingerprint density at radius 1 is 1.35 bits per heavy atom. The second-order valence-corrected chi connectivity index (χ2v) is 8.16. The van der Waals surface area contributed by atoms with Crippen molar-refractivity contribution in [3.63, 3.8) is 0 Å². The third kappa shape index (κ3) is 3.19. The van der Waals surface area contributed by atoms with Crippen molar-refractivity contribution in [1.29, 1.82) is 0 Å². The SMILES string of the molecule is CC(C)(C)OC(=O)N1CC(N2Cc3cc(Cl)c(Br)cc3C2=O)C1. The standard InChI is InChI=1S/C16H18BrClN2O3/c1-16(2,3)23-15(22)19-7-10(8-19)20-6-9-4-13(18)12(17)5-11(9)14(20)21/h4-5,10H,6-8H2,1-3H3. The van der Waals surface area contributed by atoms with Crippen molar-refractivity contribution in [1.82, 2.24) is 9.80 Å². The molecule has 3 rings (SSSR count). The summed E-state index contributed by atoms with van der Waals surface area (Å²) in [5.74, 6) is -0.00814. The second kappa shape index (κ2) is 5.67. The van der Waals surface area contributed by atoms with E-state index in [-0.39, 0.29) is 18.0 Å². The Kier molecular flexibility index (Phi) is 4.09. The van der Waals surface area contributed by atoms with Gasteiger partial charge < -0.3 is 14.5 Å². The Bertz CT molecular complexity index is 681. The zero-order valence-corrected chi connectivity index (χ0v) is 15.6. The highest BCUT2D eigenvalue weighted by Gasteiger charge is 2.42. The molecule has 124 valence electrons. The van der Waals surface area contributed by atoms with Crippen molar-refractivity contribution in [2.45, 2.75) is 39.0 Å². The maximum atomic E-state index is 12.5. The summed E-state index contributed by atoms with van der Waals surface area (Å²) in [5.41, 5.74) is 1.10. The first-order valence-electron chi connectivity index (χ1n) is 7.42. The number of benzene rings is 1. The van der Waals surface area contributed by atoms with Gasteiger partial charge in [0, 0.05) is 29.7 Å². The molecule has 0 bridgehead atoms. The normalized spacial score (nSPS) is 18.0. The van der Waals surface area contributed by atoms with Gasteiger partial charge >= 0.3 is 6.09 Å². The lowest BCUT2D eigenvalue weighted by Gasteiger charge is -2.43. The summed E-state index contributed by atoms with van der Waals surface area (Å²) in [5, 5.41) is 0.599.